The molecular weight excluding hydrogens is 354 g/mol. The van der Waals surface area contributed by atoms with Gasteiger partial charge in [0, 0.05) is 55.1 Å². The molecule has 0 radical (unpaired) electrons. The summed E-state index contributed by atoms with van der Waals surface area (Å²) in [7, 11) is 0. The van der Waals surface area contributed by atoms with Gasteiger partial charge in [0.05, 0.1) is 12.0 Å². The molecule has 4 rings (SSSR count). The Labute approximate surface area is 155 Å². The van der Waals surface area contributed by atoms with Crippen molar-refractivity contribution in [3.8, 4) is 0 Å². The summed E-state index contributed by atoms with van der Waals surface area (Å²) in [6.45, 7) is 2.52. The Morgan fingerprint density at radius 1 is 1.27 bits per heavy atom. The number of benzene rings is 1. The van der Waals surface area contributed by atoms with Gasteiger partial charge in [0.25, 0.3) is 5.89 Å². The van der Waals surface area contributed by atoms with Gasteiger partial charge in [-0.2, -0.15) is 0 Å². The standard InChI is InChI=1S/C18H18ClN5O2/c19-12-1-3-13(4-2-12)22-17(25)18-23-15-5-7-24(8-6-16(15)26-18)10-14-9-20-11-21-14/h1-4,9,11H,5-8,10H2,(H,20,21)(H,22,25). The first-order valence-electron chi connectivity index (χ1n) is 8.42. The first kappa shape index (κ1) is 16.8. The fourth-order valence-electron chi connectivity index (χ4n) is 2.99. The molecule has 3 heterocycles. The molecule has 0 aliphatic carbocycles. The Bertz CT molecular complexity index is 863. The van der Waals surface area contributed by atoms with Crippen molar-refractivity contribution in [3.05, 3.63) is 64.9 Å². The number of rotatable bonds is 4. The third-order valence-corrected chi connectivity index (χ3v) is 4.60. The Hall–Kier alpha value is -2.64. The molecule has 1 amide bonds. The van der Waals surface area contributed by atoms with E-state index in [-0.39, 0.29) is 11.8 Å². The lowest BCUT2D eigenvalue weighted by atomic mass is 10.2. The molecule has 2 N–H and O–H groups in total. The topological polar surface area (TPSA) is 87.1 Å². The maximum atomic E-state index is 12.4. The number of amides is 1. The van der Waals surface area contributed by atoms with Crippen LogP contribution >= 0.6 is 11.6 Å². The molecule has 1 aliphatic rings. The Kier molecular flexibility index (Phi) is 4.73. The van der Waals surface area contributed by atoms with E-state index < -0.39 is 0 Å². The van der Waals surface area contributed by atoms with Gasteiger partial charge in [-0.05, 0) is 24.3 Å². The van der Waals surface area contributed by atoms with Crippen LogP contribution in [0.4, 0.5) is 5.69 Å². The number of aromatic nitrogens is 3. The number of carbonyl (C=O) groups is 1. The van der Waals surface area contributed by atoms with Crippen molar-refractivity contribution in [3.63, 3.8) is 0 Å². The molecule has 0 unspecified atom stereocenters. The van der Waals surface area contributed by atoms with Gasteiger partial charge in [-0.3, -0.25) is 9.69 Å². The zero-order valence-corrected chi connectivity index (χ0v) is 14.8. The zero-order valence-electron chi connectivity index (χ0n) is 14.0. The van der Waals surface area contributed by atoms with Gasteiger partial charge in [-0.1, -0.05) is 11.6 Å². The molecule has 0 saturated heterocycles. The van der Waals surface area contributed by atoms with Gasteiger partial charge in [0.1, 0.15) is 5.76 Å². The highest BCUT2D eigenvalue weighted by atomic mass is 35.5. The number of halogens is 1. The van der Waals surface area contributed by atoms with Crippen molar-refractivity contribution in [2.45, 2.75) is 19.4 Å². The second kappa shape index (κ2) is 7.31. The molecule has 0 fully saturated rings. The first-order chi connectivity index (χ1) is 12.7. The van der Waals surface area contributed by atoms with E-state index in [2.05, 4.69) is 25.2 Å². The fraction of sp³-hybridized carbons (Fsp3) is 0.278. The van der Waals surface area contributed by atoms with Crippen molar-refractivity contribution < 1.29 is 9.21 Å². The monoisotopic (exact) mass is 371 g/mol. The molecule has 2 aromatic heterocycles. The summed E-state index contributed by atoms with van der Waals surface area (Å²) >= 11 is 5.85. The summed E-state index contributed by atoms with van der Waals surface area (Å²) < 4.78 is 5.73. The van der Waals surface area contributed by atoms with Crippen LogP contribution in [-0.4, -0.2) is 38.8 Å². The number of imidazole rings is 1. The predicted octanol–water partition coefficient (Wildman–Crippen LogP) is 2.90. The van der Waals surface area contributed by atoms with Crippen LogP contribution in [0.25, 0.3) is 0 Å². The summed E-state index contributed by atoms with van der Waals surface area (Å²) in [6, 6.07) is 6.91. The minimum absolute atomic E-state index is 0.104. The minimum atomic E-state index is -0.352. The average molecular weight is 372 g/mol. The molecule has 26 heavy (non-hydrogen) atoms. The molecule has 1 aromatic carbocycles. The molecule has 0 bridgehead atoms. The summed E-state index contributed by atoms with van der Waals surface area (Å²) in [5.74, 6) is 0.542. The van der Waals surface area contributed by atoms with Gasteiger partial charge in [0.15, 0.2) is 0 Å². The largest absolute Gasteiger partial charge is 0.437 e. The SMILES string of the molecule is O=C(Nc1ccc(Cl)cc1)c1nc2c(o1)CCN(Cc1cnc[nH]1)CC2. The van der Waals surface area contributed by atoms with Crippen LogP contribution in [0.15, 0.2) is 41.2 Å². The smallest absolute Gasteiger partial charge is 0.311 e. The molecule has 3 aromatic rings. The third kappa shape index (κ3) is 3.79. The number of carbonyl (C=O) groups excluding carboxylic acids is 1. The van der Waals surface area contributed by atoms with E-state index in [1.54, 1.807) is 30.6 Å². The molecule has 0 spiro atoms. The molecule has 0 atom stereocenters. The summed E-state index contributed by atoms with van der Waals surface area (Å²) in [5.41, 5.74) is 2.59. The van der Waals surface area contributed by atoms with Crippen LogP contribution in [0.5, 0.6) is 0 Å². The fourth-order valence-corrected chi connectivity index (χ4v) is 3.12. The highest BCUT2D eigenvalue weighted by molar-refractivity contribution is 6.30. The minimum Gasteiger partial charge on any atom is -0.437 e. The van der Waals surface area contributed by atoms with E-state index >= 15 is 0 Å². The number of oxazole rings is 1. The molecule has 8 heteroatoms. The highest BCUT2D eigenvalue weighted by Gasteiger charge is 2.23. The van der Waals surface area contributed by atoms with Crippen LogP contribution in [0.2, 0.25) is 5.02 Å². The molecular formula is C18H18ClN5O2. The Balaban J connectivity index is 1.40. The summed E-state index contributed by atoms with van der Waals surface area (Å²) in [5, 5.41) is 3.39. The number of anilines is 1. The van der Waals surface area contributed by atoms with Crippen molar-refractivity contribution in [2.24, 2.45) is 0 Å². The van der Waals surface area contributed by atoms with Crippen LogP contribution in [0.3, 0.4) is 0 Å². The first-order valence-corrected chi connectivity index (χ1v) is 8.80. The lowest BCUT2D eigenvalue weighted by molar-refractivity contribution is 0.0988. The van der Waals surface area contributed by atoms with Gasteiger partial charge in [0.2, 0.25) is 0 Å². The van der Waals surface area contributed by atoms with Crippen LogP contribution in [0, 0.1) is 0 Å². The quantitative estimate of drug-likeness (QED) is 0.736. The third-order valence-electron chi connectivity index (χ3n) is 4.34. The number of nitrogens with zero attached hydrogens (tertiary/aromatic N) is 3. The number of hydrogen-bond donors (Lipinski definition) is 2. The maximum absolute atomic E-state index is 12.4. The van der Waals surface area contributed by atoms with Gasteiger partial charge < -0.3 is 14.7 Å². The van der Waals surface area contributed by atoms with E-state index in [4.69, 9.17) is 16.0 Å². The van der Waals surface area contributed by atoms with Gasteiger partial charge in [-0.25, -0.2) is 9.97 Å². The highest BCUT2D eigenvalue weighted by Crippen LogP contribution is 2.20. The maximum Gasteiger partial charge on any atom is 0.311 e. The normalized spacial score (nSPS) is 14.7. The van der Waals surface area contributed by atoms with E-state index in [1.165, 1.54) is 0 Å². The van der Waals surface area contributed by atoms with Crippen molar-refractivity contribution >= 4 is 23.2 Å². The van der Waals surface area contributed by atoms with Crippen molar-refractivity contribution in [2.75, 3.05) is 18.4 Å². The average Bonchev–Trinajstić information content (AvgIpc) is 3.25. The zero-order chi connectivity index (χ0) is 17.9. The molecule has 1 aliphatic heterocycles. The summed E-state index contributed by atoms with van der Waals surface area (Å²) in [4.78, 5) is 26.2. The lowest BCUT2D eigenvalue weighted by Gasteiger charge is -2.18. The van der Waals surface area contributed by atoms with Gasteiger partial charge >= 0.3 is 5.91 Å². The van der Waals surface area contributed by atoms with Gasteiger partial charge in [-0.15, -0.1) is 0 Å². The van der Waals surface area contributed by atoms with Crippen LogP contribution < -0.4 is 5.32 Å². The van der Waals surface area contributed by atoms with Crippen LogP contribution in [-0.2, 0) is 19.4 Å². The second-order valence-corrected chi connectivity index (χ2v) is 6.64. The second-order valence-electron chi connectivity index (χ2n) is 6.20. The van der Waals surface area contributed by atoms with Crippen molar-refractivity contribution in [1.82, 2.24) is 19.9 Å². The van der Waals surface area contributed by atoms with E-state index in [1.807, 2.05) is 6.20 Å². The van der Waals surface area contributed by atoms with E-state index in [0.29, 0.717) is 10.7 Å². The van der Waals surface area contributed by atoms with E-state index in [0.717, 1.165) is 49.6 Å². The predicted molar refractivity (Wildman–Crippen MR) is 97.2 cm³/mol. The molecule has 0 saturated carbocycles. The number of nitrogens with one attached hydrogen (secondary N) is 2. The number of fused-ring (bicyclic) bond motifs is 1. The number of H-pyrrole nitrogens is 1. The summed E-state index contributed by atoms with van der Waals surface area (Å²) in [6.07, 6.45) is 5.00. The van der Waals surface area contributed by atoms with Crippen LogP contribution in [0.1, 0.15) is 27.8 Å². The number of aromatic amines is 1. The number of hydrogen-bond acceptors (Lipinski definition) is 5. The Morgan fingerprint density at radius 3 is 2.85 bits per heavy atom. The molecule has 7 nitrogen and oxygen atoms in total. The molecule has 134 valence electrons. The van der Waals surface area contributed by atoms with E-state index in [9.17, 15) is 4.79 Å². The lowest BCUT2D eigenvalue weighted by Crippen LogP contribution is -2.26. The Morgan fingerprint density at radius 2 is 2.08 bits per heavy atom. The van der Waals surface area contributed by atoms with Crippen molar-refractivity contribution in [1.29, 1.82) is 0 Å².